The predicted molar refractivity (Wildman–Crippen MR) is 124 cm³/mol. The molecule has 0 unspecified atom stereocenters. The molecule has 0 N–H and O–H groups in total. The van der Waals surface area contributed by atoms with Crippen molar-refractivity contribution in [2.24, 2.45) is 7.05 Å². The topological polar surface area (TPSA) is 64.1 Å². The van der Waals surface area contributed by atoms with Gasteiger partial charge < -0.3 is 4.90 Å². The maximum atomic E-state index is 14.3. The normalized spacial score (nSPS) is 13.2. The molecule has 1 aliphatic heterocycles. The van der Waals surface area contributed by atoms with E-state index in [-0.39, 0.29) is 5.82 Å². The maximum absolute atomic E-state index is 14.3. The van der Waals surface area contributed by atoms with Crippen molar-refractivity contribution >= 4 is 28.2 Å². The van der Waals surface area contributed by atoms with Gasteiger partial charge in [-0.05, 0) is 55.7 Å². The summed E-state index contributed by atoms with van der Waals surface area (Å²) < 4.78 is 17.9. The average Bonchev–Trinajstić information content (AvgIpc) is 3.41. The van der Waals surface area contributed by atoms with Gasteiger partial charge in [0.05, 0.1) is 17.3 Å². The Bertz CT molecular complexity index is 1600. The molecule has 5 aromatic rings. The Labute approximate surface area is 189 Å². The molecule has 4 heterocycles. The van der Waals surface area contributed by atoms with E-state index in [1.165, 1.54) is 17.7 Å². The molecule has 0 saturated carbocycles. The first kappa shape index (κ1) is 19.4. The minimum Gasteiger partial charge on any atom is -0.325 e. The molecule has 0 fully saturated rings. The van der Waals surface area contributed by atoms with Gasteiger partial charge in [-0.15, -0.1) is 10.2 Å². The SMILES string of the molecule is Cc1nnc2nc(N3CCCc4c(C#Cc5cnn(C)c5)cccc43)c3cc(F)ccc3n12. The zero-order valence-electron chi connectivity index (χ0n) is 18.2. The van der Waals surface area contributed by atoms with Gasteiger partial charge in [-0.1, -0.05) is 17.9 Å². The van der Waals surface area contributed by atoms with E-state index in [2.05, 4.69) is 38.1 Å². The van der Waals surface area contributed by atoms with E-state index < -0.39 is 0 Å². The fourth-order valence-electron chi connectivity index (χ4n) is 4.54. The molecule has 0 spiro atoms. The van der Waals surface area contributed by atoms with Crippen molar-refractivity contribution < 1.29 is 4.39 Å². The van der Waals surface area contributed by atoms with Crippen LogP contribution in [0.4, 0.5) is 15.9 Å². The van der Waals surface area contributed by atoms with Gasteiger partial charge in [-0.3, -0.25) is 9.08 Å². The second-order valence-electron chi connectivity index (χ2n) is 8.19. The summed E-state index contributed by atoms with van der Waals surface area (Å²) in [4.78, 5) is 6.97. The van der Waals surface area contributed by atoms with Crippen molar-refractivity contribution in [2.45, 2.75) is 19.8 Å². The van der Waals surface area contributed by atoms with E-state index in [0.29, 0.717) is 17.4 Å². The first-order valence-corrected chi connectivity index (χ1v) is 10.8. The first-order valence-electron chi connectivity index (χ1n) is 10.8. The number of halogens is 1. The van der Waals surface area contributed by atoms with Crippen LogP contribution in [0, 0.1) is 24.6 Å². The van der Waals surface area contributed by atoms with Crippen LogP contribution < -0.4 is 4.90 Å². The van der Waals surface area contributed by atoms with Crippen LogP contribution in [0.25, 0.3) is 16.7 Å². The highest BCUT2D eigenvalue weighted by atomic mass is 19.1. The highest BCUT2D eigenvalue weighted by molar-refractivity contribution is 5.94. The summed E-state index contributed by atoms with van der Waals surface area (Å²) in [6.07, 6.45) is 5.51. The largest absolute Gasteiger partial charge is 0.325 e. The number of aromatic nitrogens is 6. The fourth-order valence-corrected chi connectivity index (χ4v) is 4.54. The summed E-state index contributed by atoms with van der Waals surface area (Å²) in [6.45, 7) is 2.64. The molecule has 7 nitrogen and oxygen atoms in total. The standard InChI is InChI=1S/C25H20FN7/c1-16-29-30-25-28-24(21-13-19(26)10-11-23(21)33(16)25)32-12-4-6-20-18(5-3-7-22(20)32)9-8-17-14-27-31(2)15-17/h3,5,7,10-11,13-15H,4,6,12H2,1-2H3. The summed E-state index contributed by atoms with van der Waals surface area (Å²) in [5, 5.41) is 13.3. The minimum absolute atomic E-state index is 0.302. The first-order chi connectivity index (χ1) is 16.1. The lowest BCUT2D eigenvalue weighted by atomic mass is 9.96. The Morgan fingerprint density at radius 1 is 1.09 bits per heavy atom. The number of anilines is 2. The summed E-state index contributed by atoms with van der Waals surface area (Å²) in [7, 11) is 1.88. The predicted octanol–water partition coefficient (Wildman–Crippen LogP) is 3.94. The summed E-state index contributed by atoms with van der Waals surface area (Å²) in [6, 6.07) is 10.9. The van der Waals surface area contributed by atoms with Gasteiger partial charge in [0.2, 0.25) is 0 Å². The summed E-state index contributed by atoms with van der Waals surface area (Å²) in [5.74, 6) is 8.13. The van der Waals surface area contributed by atoms with Gasteiger partial charge in [-0.25, -0.2) is 4.39 Å². The number of benzene rings is 2. The van der Waals surface area contributed by atoms with Crippen LogP contribution in [0.15, 0.2) is 48.8 Å². The van der Waals surface area contributed by atoms with Crippen molar-refractivity contribution in [3.63, 3.8) is 0 Å². The van der Waals surface area contributed by atoms with Crippen molar-refractivity contribution in [1.29, 1.82) is 0 Å². The number of hydrogen-bond donors (Lipinski definition) is 0. The zero-order chi connectivity index (χ0) is 22.5. The maximum Gasteiger partial charge on any atom is 0.257 e. The number of fused-ring (bicyclic) bond motifs is 4. The van der Waals surface area contributed by atoms with Crippen LogP contribution in [0.5, 0.6) is 0 Å². The summed E-state index contributed by atoms with van der Waals surface area (Å²) in [5.41, 5.74) is 4.90. The molecule has 8 heteroatoms. The highest BCUT2D eigenvalue weighted by Crippen LogP contribution is 2.38. The van der Waals surface area contributed by atoms with E-state index >= 15 is 0 Å². The molecular weight excluding hydrogens is 417 g/mol. The second kappa shape index (κ2) is 7.41. The molecule has 1 aliphatic rings. The molecule has 33 heavy (non-hydrogen) atoms. The Morgan fingerprint density at radius 2 is 2.00 bits per heavy atom. The van der Waals surface area contributed by atoms with Gasteiger partial charge >= 0.3 is 0 Å². The van der Waals surface area contributed by atoms with Crippen molar-refractivity contribution in [1.82, 2.24) is 29.4 Å². The Kier molecular flexibility index (Phi) is 4.37. The lowest BCUT2D eigenvalue weighted by molar-refractivity contribution is 0.629. The second-order valence-corrected chi connectivity index (χ2v) is 8.19. The third-order valence-electron chi connectivity index (χ3n) is 6.01. The van der Waals surface area contributed by atoms with Gasteiger partial charge in [0, 0.05) is 36.4 Å². The van der Waals surface area contributed by atoms with Gasteiger partial charge in [0.15, 0.2) is 0 Å². The van der Waals surface area contributed by atoms with E-state index in [0.717, 1.165) is 47.1 Å². The average molecular weight is 437 g/mol. The lowest BCUT2D eigenvalue weighted by Gasteiger charge is -2.32. The Hall–Kier alpha value is -4.25. The monoisotopic (exact) mass is 437 g/mol. The third kappa shape index (κ3) is 3.21. The van der Waals surface area contributed by atoms with Crippen LogP contribution in [0.1, 0.15) is 28.9 Å². The van der Waals surface area contributed by atoms with Crippen molar-refractivity contribution in [3.8, 4) is 11.8 Å². The Morgan fingerprint density at radius 3 is 2.85 bits per heavy atom. The highest BCUT2D eigenvalue weighted by Gasteiger charge is 2.24. The van der Waals surface area contributed by atoms with Crippen LogP contribution >= 0.6 is 0 Å². The van der Waals surface area contributed by atoms with Gasteiger partial charge in [-0.2, -0.15) is 10.1 Å². The Balaban J connectivity index is 1.53. The van der Waals surface area contributed by atoms with E-state index in [1.807, 2.05) is 36.7 Å². The third-order valence-corrected chi connectivity index (χ3v) is 6.01. The number of nitrogens with zero attached hydrogens (tertiary/aromatic N) is 7. The zero-order valence-corrected chi connectivity index (χ0v) is 18.2. The van der Waals surface area contributed by atoms with E-state index in [1.54, 1.807) is 16.9 Å². The summed E-state index contributed by atoms with van der Waals surface area (Å²) >= 11 is 0. The molecule has 0 bridgehead atoms. The smallest absolute Gasteiger partial charge is 0.257 e. The molecule has 0 amide bonds. The number of hydrogen-bond acceptors (Lipinski definition) is 5. The molecule has 0 saturated heterocycles. The van der Waals surface area contributed by atoms with E-state index in [9.17, 15) is 4.39 Å². The molecule has 0 aliphatic carbocycles. The van der Waals surface area contributed by atoms with E-state index in [4.69, 9.17) is 4.98 Å². The molecule has 0 radical (unpaired) electrons. The molecular formula is C25H20FN7. The molecule has 2 aromatic carbocycles. The van der Waals surface area contributed by atoms with Crippen LogP contribution in [-0.2, 0) is 13.5 Å². The molecule has 162 valence electrons. The quantitative estimate of drug-likeness (QED) is 0.372. The van der Waals surface area contributed by atoms with Crippen LogP contribution in [0.3, 0.4) is 0 Å². The van der Waals surface area contributed by atoms with Gasteiger partial charge in [0.1, 0.15) is 17.5 Å². The van der Waals surface area contributed by atoms with Crippen LogP contribution in [-0.4, -0.2) is 35.9 Å². The fraction of sp³-hybridized carbons (Fsp3) is 0.200. The minimum atomic E-state index is -0.302. The molecule has 3 aromatic heterocycles. The van der Waals surface area contributed by atoms with Crippen molar-refractivity contribution in [2.75, 3.05) is 11.4 Å². The van der Waals surface area contributed by atoms with Crippen molar-refractivity contribution in [3.05, 3.63) is 77.1 Å². The molecule has 0 atom stereocenters. The number of aryl methyl sites for hydroxylation is 2. The number of rotatable bonds is 1. The van der Waals surface area contributed by atoms with Crippen LogP contribution in [0.2, 0.25) is 0 Å². The van der Waals surface area contributed by atoms with Gasteiger partial charge in [0.25, 0.3) is 5.78 Å². The lowest BCUT2D eigenvalue weighted by Crippen LogP contribution is -2.26. The molecule has 6 rings (SSSR count).